The minimum Gasteiger partial charge on any atom is -0.381 e. The van der Waals surface area contributed by atoms with E-state index < -0.39 is 0 Å². The van der Waals surface area contributed by atoms with Gasteiger partial charge >= 0.3 is 0 Å². The number of hydrogen-bond donors (Lipinski definition) is 2. The summed E-state index contributed by atoms with van der Waals surface area (Å²) in [5.41, 5.74) is 0. The third kappa shape index (κ3) is 2.27. The van der Waals surface area contributed by atoms with Crippen LogP contribution >= 0.6 is 15.9 Å². The van der Waals surface area contributed by atoms with Crippen LogP contribution in [0.4, 0.5) is 11.6 Å². The Balaban J connectivity index is 2.00. The Morgan fingerprint density at radius 3 is 2.69 bits per heavy atom. The molecule has 0 atom stereocenters. The van der Waals surface area contributed by atoms with Crippen molar-refractivity contribution in [2.75, 3.05) is 24.8 Å². The largest absolute Gasteiger partial charge is 0.381 e. The fourth-order valence-corrected chi connectivity index (χ4v) is 2.23. The summed E-state index contributed by atoms with van der Waals surface area (Å²) in [6.07, 6.45) is 4.00. The molecule has 1 aromatic heterocycles. The number of rotatable bonds is 4. The van der Waals surface area contributed by atoms with Crippen molar-refractivity contribution in [3.8, 4) is 0 Å². The maximum Gasteiger partial charge on any atom is 0.146 e. The smallest absolute Gasteiger partial charge is 0.146 e. The van der Waals surface area contributed by atoms with Gasteiger partial charge in [0.15, 0.2) is 0 Å². The summed E-state index contributed by atoms with van der Waals surface area (Å²) < 4.78 is 6.11. The fourth-order valence-electron chi connectivity index (χ4n) is 1.71. The summed E-state index contributed by atoms with van der Waals surface area (Å²) in [6.45, 7) is 0. The lowest BCUT2D eigenvalue weighted by molar-refractivity contribution is 0.0328. The molecule has 1 saturated carbocycles. The quantitative estimate of drug-likeness (QED) is 0.885. The molecule has 0 amide bonds. The van der Waals surface area contributed by atoms with Gasteiger partial charge in [-0.05, 0) is 28.8 Å². The molecule has 0 spiro atoms. The van der Waals surface area contributed by atoms with Gasteiger partial charge in [0.2, 0.25) is 0 Å². The van der Waals surface area contributed by atoms with Crippen molar-refractivity contribution in [2.45, 2.75) is 25.0 Å². The first-order chi connectivity index (χ1) is 7.74. The molecule has 6 heteroatoms. The second-order valence-electron chi connectivity index (χ2n) is 3.81. The summed E-state index contributed by atoms with van der Waals surface area (Å²) in [5, 5.41) is 6.37. The standard InChI is InChI=1S/C10H15BrN4O/c1-12-9-8(11)10(14-5-13-9)15-6-3-7(4-6)16-2/h5-7H,3-4H2,1-2H3,(H2,12,13,14,15). The van der Waals surface area contributed by atoms with Gasteiger partial charge in [0.25, 0.3) is 0 Å². The molecule has 1 aliphatic rings. The van der Waals surface area contributed by atoms with Crippen molar-refractivity contribution in [1.82, 2.24) is 9.97 Å². The third-order valence-corrected chi connectivity index (χ3v) is 3.55. The molecule has 2 rings (SSSR count). The average molecular weight is 287 g/mol. The van der Waals surface area contributed by atoms with E-state index in [0.29, 0.717) is 12.1 Å². The van der Waals surface area contributed by atoms with Crippen molar-refractivity contribution in [1.29, 1.82) is 0 Å². The number of aromatic nitrogens is 2. The predicted octanol–water partition coefficient (Wildman–Crippen LogP) is 1.87. The summed E-state index contributed by atoms with van der Waals surface area (Å²) in [4.78, 5) is 8.32. The van der Waals surface area contributed by atoms with E-state index in [1.807, 2.05) is 7.05 Å². The number of hydrogen-bond acceptors (Lipinski definition) is 5. The highest BCUT2D eigenvalue weighted by Crippen LogP contribution is 2.31. The highest BCUT2D eigenvalue weighted by atomic mass is 79.9. The maximum absolute atomic E-state index is 5.23. The molecule has 1 fully saturated rings. The van der Waals surface area contributed by atoms with Crippen LogP contribution in [-0.4, -0.2) is 36.3 Å². The molecule has 0 aromatic carbocycles. The number of anilines is 2. The molecule has 88 valence electrons. The summed E-state index contributed by atoms with van der Waals surface area (Å²) in [7, 11) is 3.59. The van der Waals surface area contributed by atoms with Gasteiger partial charge in [-0.2, -0.15) is 0 Å². The average Bonchev–Trinajstić information content (AvgIpc) is 2.25. The van der Waals surface area contributed by atoms with Gasteiger partial charge in [-0.25, -0.2) is 9.97 Å². The molecule has 1 aromatic rings. The van der Waals surface area contributed by atoms with E-state index in [1.54, 1.807) is 13.4 Å². The van der Waals surface area contributed by atoms with Gasteiger partial charge in [0, 0.05) is 20.2 Å². The Bertz CT molecular complexity index is 368. The molecule has 0 aliphatic heterocycles. The molecule has 0 bridgehead atoms. The molecule has 2 N–H and O–H groups in total. The number of ether oxygens (including phenoxy) is 1. The topological polar surface area (TPSA) is 59.1 Å². The van der Waals surface area contributed by atoms with Gasteiger partial charge < -0.3 is 15.4 Å². The van der Waals surface area contributed by atoms with Crippen LogP contribution in [0, 0.1) is 0 Å². The lowest BCUT2D eigenvalue weighted by Crippen LogP contribution is -2.40. The maximum atomic E-state index is 5.23. The third-order valence-electron chi connectivity index (χ3n) is 2.80. The first kappa shape index (κ1) is 11.6. The lowest BCUT2D eigenvalue weighted by Gasteiger charge is -2.35. The zero-order valence-electron chi connectivity index (χ0n) is 9.33. The summed E-state index contributed by atoms with van der Waals surface area (Å²) >= 11 is 3.47. The summed E-state index contributed by atoms with van der Waals surface area (Å²) in [6, 6.07) is 0.445. The zero-order chi connectivity index (χ0) is 11.5. The Hall–Kier alpha value is -0.880. The molecule has 5 nitrogen and oxygen atoms in total. The first-order valence-corrected chi connectivity index (χ1v) is 6.01. The number of nitrogens with one attached hydrogen (secondary N) is 2. The van der Waals surface area contributed by atoms with E-state index >= 15 is 0 Å². The fraction of sp³-hybridized carbons (Fsp3) is 0.600. The van der Waals surface area contributed by atoms with Gasteiger partial charge in [0.1, 0.15) is 22.4 Å². The van der Waals surface area contributed by atoms with Gasteiger partial charge in [-0.15, -0.1) is 0 Å². The minimum atomic E-state index is 0.391. The van der Waals surface area contributed by atoms with Crippen molar-refractivity contribution >= 4 is 27.6 Å². The van der Waals surface area contributed by atoms with E-state index in [2.05, 4.69) is 36.5 Å². The normalized spacial score (nSPS) is 23.7. The Morgan fingerprint density at radius 1 is 1.38 bits per heavy atom. The Kier molecular flexibility index (Phi) is 3.60. The second kappa shape index (κ2) is 4.97. The lowest BCUT2D eigenvalue weighted by atomic mass is 9.89. The van der Waals surface area contributed by atoms with E-state index in [9.17, 15) is 0 Å². The van der Waals surface area contributed by atoms with Crippen molar-refractivity contribution < 1.29 is 4.74 Å². The first-order valence-electron chi connectivity index (χ1n) is 5.22. The second-order valence-corrected chi connectivity index (χ2v) is 4.60. The monoisotopic (exact) mass is 286 g/mol. The Labute approximate surface area is 103 Å². The summed E-state index contributed by atoms with van der Waals surface area (Å²) in [5.74, 6) is 1.62. The van der Waals surface area contributed by atoms with Crippen LogP contribution < -0.4 is 10.6 Å². The van der Waals surface area contributed by atoms with Crippen molar-refractivity contribution in [3.63, 3.8) is 0 Å². The van der Waals surface area contributed by atoms with Crippen LogP contribution in [0.3, 0.4) is 0 Å². The molecule has 1 aliphatic carbocycles. The zero-order valence-corrected chi connectivity index (χ0v) is 10.9. The van der Waals surface area contributed by atoms with Gasteiger partial charge in [0.05, 0.1) is 6.10 Å². The highest BCUT2D eigenvalue weighted by Gasteiger charge is 2.29. The molecule has 0 saturated heterocycles. The highest BCUT2D eigenvalue weighted by molar-refractivity contribution is 9.10. The number of methoxy groups -OCH3 is 1. The molecule has 0 radical (unpaired) electrons. The number of nitrogens with zero attached hydrogens (tertiary/aromatic N) is 2. The molecule has 1 heterocycles. The predicted molar refractivity (Wildman–Crippen MR) is 66.7 cm³/mol. The van der Waals surface area contributed by atoms with Crippen LogP contribution in [0.1, 0.15) is 12.8 Å². The van der Waals surface area contributed by atoms with Crippen LogP contribution in [0.5, 0.6) is 0 Å². The van der Waals surface area contributed by atoms with Crippen LogP contribution in [-0.2, 0) is 4.74 Å². The molecular weight excluding hydrogens is 272 g/mol. The van der Waals surface area contributed by atoms with Crippen LogP contribution in [0.25, 0.3) is 0 Å². The molecule has 0 unspecified atom stereocenters. The van der Waals surface area contributed by atoms with Crippen LogP contribution in [0.15, 0.2) is 10.8 Å². The molecular formula is C10H15BrN4O. The Morgan fingerprint density at radius 2 is 2.06 bits per heavy atom. The minimum absolute atomic E-state index is 0.391. The van der Waals surface area contributed by atoms with E-state index in [0.717, 1.165) is 29.0 Å². The van der Waals surface area contributed by atoms with Gasteiger partial charge in [-0.1, -0.05) is 0 Å². The van der Waals surface area contributed by atoms with Crippen LogP contribution in [0.2, 0.25) is 0 Å². The van der Waals surface area contributed by atoms with Crippen molar-refractivity contribution in [2.24, 2.45) is 0 Å². The van der Waals surface area contributed by atoms with Gasteiger partial charge in [-0.3, -0.25) is 0 Å². The van der Waals surface area contributed by atoms with Crippen molar-refractivity contribution in [3.05, 3.63) is 10.8 Å². The molecule has 16 heavy (non-hydrogen) atoms. The van der Waals surface area contributed by atoms with E-state index in [1.165, 1.54) is 0 Å². The number of halogens is 1. The van der Waals surface area contributed by atoms with E-state index in [-0.39, 0.29) is 0 Å². The van der Waals surface area contributed by atoms with E-state index in [4.69, 9.17) is 4.74 Å². The SMILES string of the molecule is CNc1ncnc(NC2CC(OC)C2)c1Br.